The van der Waals surface area contributed by atoms with Crippen LogP contribution in [-0.4, -0.2) is 10.9 Å². The van der Waals surface area contributed by atoms with E-state index in [2.05, 4.69) is 10.3 Å². The van der Waals surface area contributed by atoms with E-state index in [1.54, 1.807) is 24.4 Å². The summed E-state index contributed by atoms with van der Waals surface area (Å²) in [5.41, 5.74) is 2.33. The summed E-state index contributed by atoms with van der Waals surface area (Å²) in [7, 11) is 0. The highest BCUT2D eigenvalue weighted by Gasteiger charge is 2.12. The smallest absolute Gasteiger partial charge is 0.224 e. The maximum atomic E-state index is 12.1. The van der Waals surface area contributed by atoms with Gasteiger partial charge in [0.05, 0.1) is 11.2 Å². The van der Waals surface area contributed by atoms with E-state index >= 15 is 0 Å². The minimum absolute atomic E-state index is 0.122. The molecule has 6 heteroatoms. The van der Waals surface area contributed by atoms with E-state index in [9.17, 15) is 4.79 Å². The lowest BCUT2D eigenvalue weighted by Gasteiger charge is -2.08. The molecular formula is C19H16Cl2N2O2. The quantitative estimate of drug-likeness (QED) is 0.638. The highest BCUT2D eigenvalue weighted by Crippen LogP contribution is 2.28. The number of hydrogen-bond acceptors (Lipinski definition) is 3. The molecule has 128 valence electrons. The van der Waals surface area contributed by atoms with Gasteiger partial charge in [-0.05, 0) is 36.8 Å². The Hall–Kier alpha value is -2.30. The van der Waals surface area contributed by atoms with Gasteiger partial charge >= 0.3 is 0 Å². The van der Waals surface area contributed by atoms with Crippen LogP contribution < -0.4 is 5.32 Å². The van der Waals surface area contributed by atoms with Gasteiger partial charge < -0.3 is 9.73 Å². The van der Waals surface area contributed by atoms with Gasteiger partial charge in [0.2, 0.25) is 5.91 Å². The summed E-state index contributed by atoms with van der Waals surface area (Å²) in [6.45, 7) is 1.86. The summed E-state index contributed by atoms with van der Waals surface area (Å²) in [5, 5.41) is 4.07. The van der Waals surface area contributed by atoms with Gasteiger partial charge in [-0.25, -0.2) is 4.98 Å². The number of aryl methyl sites for hydroxylation is 1. The van der Waals surface area contributed by atoms with Crippen molar-refractivity contribution in [1.82, 2.24) is 4.98 Å². The minimum Gasteiger partial charge on any atom is -0.441 e. The van der Waals surface area contributed by atoms with Gasteiger partial charge in [0, 0.05) is 29.1 Å². The highest BCUT2D eigenvalue weighted by atomic mass is 35.5. The number of nitrogens with one attached hydrogen (secondary N) is 1. The molecule has 0 aliphatic carbocycles. The summed E-state index contributed by atoms with van der Waals surface area (Å²) in [4.78, 5) is 16.4. The van der Waals surface area contributed by atoms with Crippen LogP contribution >= 0.6 is 23.2 Å². The maximum absolute atomic E-state index is 12.1. The standard InChI is InChI=1S/C19H16Cl2N2O2/c1-12-14(20)7-4-8-16(12)23-18(24)9-10-19-22-11-17(25-19)13-5-2-3-6-15(13)21/h2-8,11H,9-10H2,1H3,(H,23,24). The normalized spacial score (nSPS) is 10.7. The summed E-state index contributed by atoms with van der Waals surface area (Å²) in [6, 6.07) is 12.8. The zero-order chi connectivity index (χ0) is 17.8. The molecule has 25 heavy (non-hydrogen) atoms. The monoisotopic (exact) mass is 374 g/mol. The molecule has 0 radical (unpaired) electrons. The van der Waals surface area contributed by atoms with Crippen molar-refractivity contribution >= 4 is 34.8 Å². The Labute approximate surface area is 155 Å². The van der Waals surface area contributed by atoms with Crippen LogP contribution in [0.4, 0.5) is 5.69 Å². The molecule has 0 atom stereocenters. The van der Waals surface area contributed by atoms with Crippen LogP contribution in [0.15, 0.2) is 53.1 Å². The predicted octanol–water partition coefficient (Wildman–Crippen LogP) is 5.53. The van der Waals surface area contributed by atoms with Crippen molar-refractivity contribution in [1.29, 1.82) is 0 Å². The minimum atomic E-state index is -0.122. The first kappa shape index (κ1) is 17.5. The number of benzene rings is 2. The van der Waals surface area contributed by atoms with Crippen LogP contribution in [0.2, 0.25) is 10.0 Å². The van der Waals surface area contributed by atoms with E-state index in [0.717, 1.165) is 11.1 Å². The van der Waals surface area contributed by atoms with Gasteiger partial charge in [-0.15, -0.1) is 0 Å². The molecular weight excluding hydrogens is 359 g/mol. The first-order valence-electron chi connectivity index (χ1n) is 7.79. The zero-order valence-electron chi connectivity index (χ0n) is 13.6. The second kappa shape index (κ2) is 7.72. The van der Waals surface area contributed by atoms with E-state index in [0.29, 0.717) is 33.8 Å². The van der Waals surface area contributed by atoms with E-state index in [1.165, 1.54) is 0 Å². The summed E-state index contributed by atoms with van der Waals surface area (Å²) >= 11 is 12.2. The highest BCUT2D eigenvalue weighted by molar-refractivity contribution is 6.33. The lowest BCUT2D eigenvalue weighted by atomic mass is 10.2. The van der Waals surface area contributed by atoms with Gasteiger partial charge in [-0.3, -0.25) is 4.79 Å². The van der Waals surface area contributed by atoms with Gasteiger partial charge in [0.15, 0.2) is 11.7 Å². The van der Waals surface area contributed by atoms with Gasteiger partial charge in [0.25, 0.3) is 0 Å². The number of carbonyl (C=O) groups is 1. The maximum Gasteiger partial charge on any atom is 0.224 e. The zero-order valence-corrected chi connectivity index (χ0v) is 15.1. The average molecular weight is 375 g/mol. The van der Waals surface area contributed by atoms with Crippen molar-refractivity contribution < 1.29 is 9.21 Å². The SMILES string of the molecule is Cc1c(Cl)cccc1NC(=O)CCc1ncc(-c2ccccc2Cl)o1. The first-order chi connectivity index (χ1) is 12.0. The fourth-order valence-electron chi connectivity index (χ4n) is 2.39. The van der Waals surface area contributed by atoms with Crippen molar-refractivity contribution in [3.05, 3.63) is 70.2 Å². The largest absolute Gasteiger partial charge is 0.441 e. The van der Waals surface area contributed by atoms with Crippen LogP contribution in [0.5, 0.6) is 0 Å². The molecule has 0 spiro atoms. The number of aromatic nitrogens is 1. The number of carbonyl (C=O) groups excluding carboxylic acids is 1. The van der Waals surface area contributed by atoms with E-state index in [1.807, 2.05) is 31.2 Å². The Morgan fingerprint density at radius 3 is 2.68 bits per heavy atom. The number of amides is 1. The van der Waals surface area contributed by atoms with Crippen LogP contribution in [-0.2, 0) is 11.2 Å². The molecule has 3 aromatic rings. The molecule has 0 saturated carbocycles. The molecule has 1 heterocycles. The van der Waals surface area contributed by atoms with Crippen molar-refractivity contribution in [2.45, 2.75) is 19.8 Å². The third-order valence-electron chi connectivity index (χ3n) is 3.80. The second-order valence-electron chi connectivity index (χ2n) is 5.56. The van der Waals surface area contributed by atoms with E-state index < -0.39 is 0 Å². The molecule has 0 aliphatic heterocycles. The Morgan fingerprint density at radius 1 is 1.12 bits per heavy atom. The van der Waals surface area contributed by atoms with Crippen molar-refractivity contribution in [3.8, 4) is 11.3 Å². The Bertz CT molecular complexity index is 906. The fraction of sp³-hybridized carbons (Fsp3) is 0.158. The Kier molecular flexibility index (Phi) is 5.41. The first-order valence-corrected chi connectivity index (χ1v) is 8.55. The lowest BCUT2D eigenvalue weighted by molar-refractivity contribution is -0.116. The van der Waals surface area contributed by atoms with Gasteiger partial charge in [-0.1, -0.05) is 41.4 Å². The predicted molar refractivity (Wildman–Crippen MR) is 100 cm³/mol. The summed E-state index contributed by atoms with van der Waals surface area (Å²) < 4.78 is 5.70. The van der Waals surface area contributed by atoms with Crippen LogP contribution in [0.3, 0.4) is 0 Å². The third-order valence-corrected chi connectivity index (χ3v) is 4.54. The topological polar surface area (TPSA) is 55.1 Å². The Morgan fingerprint density at radius 2 is 1.88 bits per heavy atom. The molecule has 4 nitrogen and oxygen atoms in total. The summed E-state index contributed by atoms with van der Waals surface area (Å²) in [5.74, 6) is 0.961. The van der Waals surface area contributed by atoms with Crippen LogP contribution in [0, 0.1) is 6.92 Å². The number of anilines is 1. The van der Waals surface area contributed by atoms with Crippen molar-refractivity contribution in [2.75, 3.05) is 5.32 Å². The number of oxazole rings is 1. The fourth-order valence-corrected chi connectivity index (χ4v) is 2.79. The van der Waals surface area contributed by atoms with Crippen LogP contribution in [0.1, 0.15) is 17.9 Å². The molecule has 1 amide bonds. The molecule has 3 rings (SSSR count). The molecule has 0 saturated heterocycles. The van der Waals surface area contributed by atoms with E-state index in [-0.39, 0.29) is 12.3 Å². The lowest BCUT2D eigenvalue weighted by Crippen LogP contribution is -2.13. The molecule has 0 fully saturated rings. The molecule has 0 unspecified atom stereocenters. The van der Waals surface area contributed by atoms with Crippen LogP contribution in [0.25, 0.3) is 11.3 Å². The Balaban J connectivity index is 1.62. The van der Waals surface area contributed by atoms with Crippen molar-refractivity contribution in [3.63, 3.8) is 0 Å². The number of rotatable bonds is 5. The molecule has 1 aromatic heterocycles. The number of halogens is 2. The third kappa shape index (κ3) is 4.21. The molecule has 2 aromatic carbocycles. The average Bonchev–Trinajstić information content (AvgIpc) is 3.06. The molecule has 0 aliphatic rings. The van der Waals surface area contributed by atoms with Gasteiger partial charge in [-0.2, -0.15) is 0 Å². The summed E-state index contributed by atoms with van der Waals surface area (Å²) in [6.07, 6.45) is 2.28. The molecule has 1 N–H and O–H groups in total. The van der Waals surface area contributed by atoms with E-state index in [4.69, 9.17) is 27.6 Å². The number of hydrogen-bond donors (Lipinski definition) is 1. The van der Waals surface area contributed by atoms with Gasteiger partial charge in [0.1, 0.15) is 0 Å². The second-order valence-corrected chi connectivity index (χ2v) is 6.37. The molecule has 0 bridgehead atoms. The van der Waals surface area contributed by atoms with Crippen molar-refractivity contribution in [2.24, 2.45) is 0 Å². The number of nitrogens with zero attached hydrogens (tertiary/aromatic N) is 1.